The lowest BCUT2D eigenvalue weighted by atomic mass is 9.96. The molecule has 0 aliphatic carbocycles. The summed E-state index contributed by atoms with van der Waals surface area (Å²) in [5, 5.41) is 0. The van der Waals surface area contributed by atoms with Crippen LogP contribution in [0.1, 0.15) is 41.9 Å². The molecule has 1 unspecified atom stereocenters. The van der Waals surface area contributed by atoms with Crippen molar-refractivity contribution in [1.82, 2.24) is 19.9 Å². The first-order chi connectivity index (χ1) is 11.6. The molecule has 126 valence electrons. The fraction of sp³-hybridized carbons (Fsp3) is 0.412. The number of aromatic amines is 2. The van der Waals surface area contributed by atoms with Crippen LogP contribution in [0, 0.1) is 0 Å². The monoisotopic (exact) mass is 328 g/mol. The Kier molecular flexibility index (Phi) is 4.88. The average molecular weight is 328 g/mol. The predicted molar refractivity (Wildman–Crippen MR) is 88.9 cm³/mol. The number of hydrogen-bond acceptors (Lipinski definition) is 4. The van der Waals surface area contributed by atoms with Gasteiger partial charge in [0, 0.05) is 30.5 Å². The Morgan fingerprint density at radius 2 is 2.12 bits per heavy atom. The lowest BCUT2D eigenvalue weighted by Crippen LogP contribution is -2.45. The van der Waals surface area contributed by atoms with Gasteiger partial charge in [0.25, 0.3) is 11.5 Å². The van der Waals surface area contributed by atoms with Gasteiger partial charge < -0.3 is 9.88 Å². The largest absolute Gasteiger partial charge is 0.334 e. The van der Waals surface area contributed by atoms with Crippen molar-refractivity contribution >= 4 is 5.91 Å². The number of hydrogen-bond donors (Lipinski definition) is 2. The second-order valence-electron chi connectivity index (χ2n) is 6.01. The number of aryl methyl sites for hydroxylation is 1. The zero-order valence-corrected chi connectivity index (χ0v) is 13.3. The van der Waals surface area contributed by atoms with E-state index in [0.717, 1.165) is 43.9 Å². The van der Waals surface area contributed by atoms with Crippen molar-refractivity contribution in [2.75, 3.05) is 6.54 Å². The Bertz CT molecular complexity index is 784. The van der Waals surface area contributed by atoms with E-state index in [9.17, 15) is 14.4 Å². The number of nitrogens with zero attached hydrogens (tertiary/aromatic N) is 2. The van der Waals surface area contributed by atoms with E-state index in [-0.39, 0.29) is 17.6 Å². The lowest BCUT2D eigenvalue weighted by molar-refractivity contribution is 0.0594. The van der Waals surface area contributed by atoms with Crippen molar-refractivity contribution in [2.24, 2.45) is 0 Å². The van der Waals surface area contributed by atoms with Gasteiger partial charge in [-0.05, 0) is 44.2 Å². The number of amides is 1. The van der Waals surface area contributed by atoms with Crippen LogP contribution in [0.25, 0.3) is 0 Å². The van der Waals surface area contributed by atoms with E-state index >= 15 is 0 Å². The van der Waals surface area contributed by atoms with Crippen LogP contribution >= 0.6 is 0 Å². The molecule has 2 N–H and O–H groups in total. The molecule has 2 aromatic heterocycles. The SMILES string of the molecule is O=C(c1cc(=O)[nH]c(=O)[nH]1)N1CCCCC1CCc1ccccn1. The minimum absolute atomic E-state index is 0.0495. The molecule has 7 heteroatoms. The molecular formula is C17H20N4O3. The standard InChI is InChI=1S/C17H20N4O3/c22-15-11-14(19-17(24)20-15)16(23)21-10-4-2-6-13(21)8-7-12-5-1-3-9-18-12/h1,3,5,9,11,13H,2,4,6-8,10H2,(H2,19,20,22,24). The lowest BCUT2D eigenvalue weighted by Gasteiger charge is -2.35. The van der Waals surface area contributed by atoms with Gasteiger partial charge in [0.2, 0.25) is 0 Å². The summed E-state index contributed by atoms with van der Waals surface area (Å²) in [6.45, 7) is 0.639. The van der Waals surface area contributed by atoms with E-state index < -0.39 is 11.2 Å². The van der Waals surface area contributed by atoms with Crippen LogP contribution in [0.5, 0.6) is 0 Å². The summed E-state index contributed by atoms with van der Waals surface area (Å²) in [6, 6.07) is 7.05. The number of carbonyl (C=O) groups excluding carboxylic acids is 1. The van der Waals surface area contributed by atoms with E-state index in [1.807, 2.05) is 18.2 Å². The molecule has 1 atom stereocenters. The molecule has 24 heavy (non-hydrogen) atoms. The highest BCUT2D eigenvalue weighted by Crippen LogP contribution is 2.22. The summed E-state index contributed by atoms with van der Waals surface area (Å²) in [5.74, 6) is -0.288. The molecule has 2 aromatic rings. The summed E-state index contributed by atoms with van der Waals surface area (Å²) in [5.41, 5.74) is -0.175. The zero-order chi connectivity index (χ0) is 16.9. The predicted octanol–water partition coefficient (Wildman–Crippen LogP) is 1.09. The Morgan fingerprint density at radius 1 is 1.25 bits per heavy atom. The molecule has 1 aliphatic heterocycles. The van der Waals surface area contributed by atoms with Gasteiger partial charge in [0.15, 0.2) is 0 Å². The van der Waals surface area contributed by atoms with Gasteiger partial charge >= 0.3 is 5.69 Å². The molecule has 1 aliphatic rings. The minimum atomic E-state index is -0.659. The molecule has 0 bridgehead atoms. The van der Waals surface area contributed by atoms with Crippen molar-refractivity contribution < 1.29 is 4.79 Å². The van der Waals surface area contributed by atoms with E-state index in [4.69, 9.17) is 0 Å². The van der Waals surface area contributed by atoms with Crippen LogP contribution in [0.2, 0.25) is 0 Å². The Balaban J connectivity index is 1.75. The van der Waals surface area contributed by atoms with Crippen LogP contribution in [-0.4, -0.2) is 38.3 Å². The van der Waals surface area contributed by atoms with E-state index in [2.05, 4.69) is 15.0 Å². The summed E-state index contributed by atoms with van der Waals surface area (Å²) < 4.78 is 0. The fourth-order valence-corrected chi connectivity index (χ4v) is 3.17. The van der Waals surface area contributed by atoms with Gasteiger partial charge in [0.1, 0.15) is 5.69 Å². The minimum Gasteiger partial charge on any atom is -0.334 e. The molecule has 1 fully saturated rings. The van der Waals surface area contributed by atoms with Crippen LogP contribution in [0.3, 0.4) is 0 Å². The maximum atomic E-state index is 12.7. The Hall–Kier alpha value is -2.70. The van der Waals surface area contributed by atoms with Gasteiger partial charge in [-0.2, -0.15) is 0 Å². The quantitative estimate of drug-likeness (QED) is 0.877. The van der Waals surface area contributed by atoms with Gasteiger partial charge in [0.05, 0.1) is 0 Å². The first kappa shape index (κ1) is 16.2. The number of pyridine rings is 1. The van der Waals surface area contributed by atoms with Crippen LogP contribution in [0.4, 0.5) is 0 Å². The number of likely N-dealkylation sites (tertiary alicyclic amines) is 1. The van der Waals surface area contributed by atoms with E-state index in [1.54, 1.807) is 11.1 Å². The van der Waals surface area contributed by atoms with Crippen molar-refractivity contribution in [2.45, 2.75) is 38.1 Å². The molecule has 7 nitrogen and oxygen atoms in total. The number of carbonyl (C=O) groups is 1. The topological polar surface area (TPSA) is 98.9 Å². The molecule has 0 spiro atoms. The van der Waals surface area contributed by atoms with Crippen molar-refractivity contribution in [3.05, 3.63) is 62.7 Å². The van der Waals surface area contributed by atoms with Gasteiger partial charge in [-0.25, -0.2) is 4.79 Å². The van der Waals surface area contributed by atoms with Gasteiger partial charge in [-0.1, -0.05) is 6.07 Å². The molecule has 1 amide bonds. The summed E-state index contributed by atoms with van der Waals surface area (Å²) in [4.78, 5) is 46.1. The zero-order valence-electron chi connectivity index (χ0n) is 13.3. The molecule has 0 aromatic carbocycles. The first-order valence-corrected chi connectivity index (χ1v) is 8.18. The summed E-state index contributed by atoms with van der Waals surface area (Å²) in [6.07, 6.45) is 6.30. The van der Waals surface area contributed by atoms with E-state index in [1.165, 1.54) is 0 Å². The molecule has 3 heterocycles. The number of rotatable bonds is 4. The van der Waals surface area contributed by atoms with E-state index in [0.29, 0.717) is 6.54 Å². The number of aromatic nitrogens is 3. The Morgan fingerprint density at radius 3 is 2.88 bits per heavy atom. The second-order valence-corrected chi connectivity index (χ2v) is 6.01. The number of nitrogens with one attached hydrogen (secondary N) is 2. The smallest absolute Gasteiger partial charge is 0.326 e. The van der Waals surface area contributed by atoms with Crippen molar-refractivity contribution in [1.29, 1.82) is 0 Å². The number of piperidine rings is 1. The molecule has 0 radical (unpaired) electrons. The van der Waals surface area contributed by atoms with Crippen LogP contribution in [-0.2, 0) is 6.42 Å². The van der Waals surface area contributed by atoms with Crippen molar-refractivity contribution in [3.8, 4) is 0 Å². The maximum Gasteiger partial charge on any atom is 0.326 e. The number of H-pyrrole nitrogens is 2. The van der Waals surface area contributed by atoms with Gasteiger partial charge in [-0.15, -0.1) is 0 Å². The van der Waals surface area contributed by atoms with Crippen molar-refractivity contribution in [3.63, 3.8) is 0 Å². The highest BCUT2D eigenvalue weighted by molar-refractivity contribution is 5.92. The summed E-state index contributed by atoms with van der Waals surface area (Å²) in [7, 11) is 0. The molecule has 3 rings (SSSR count). The highest BCUT2D eigenvalue weighted by atomic mass is 16.2. The maximum absolute atomic E-state index is 12.7. The average Bonchev–Trinajstić information content (AvgIpc) is 2.59. The van der Waals surface area contributed by atoms with Crippen LogP contribution in [0.15, 0.2) is 40.1 Å². The third-order valence-electron chi connectivity index (χ3n) is 4.34. The van der Waals surface area contributed by atoms with Gasteiger partial charge in [-0.3, -0.25) is 19.6 Å². The highest BCUT2D eigenvalue weighted by Gasteiger charge is 2.28. The third-order valence-corrected chi connectivity index (χ3v) is 4.34. The Labute approximate surface area is 138 Å². The second kappa shape index (κ2) is 7.25. The molecule has 0 saturated carbocycles. The fourth-order valence-electron chi connectivity index (χ4n) is 3.17. The van der Waals surface area contributed by atoms with Crippen LogP contribution < -0.4 is 11.2 Å². The summed E-state index contributed by atoms with van der Waals surface area (Å²) >= 11 is 0. The third kappa shape index (κ3) is 3.79. The normalized spacial score (nSPS) is 17.7. The molecule has 1 saturated heterocycles. The first-order valence-electron chi connectivity index (χ1n) is 8.18. The molecular weight excluding hydrogens is 308 g/mol.